The lowest BCUT2D eigenvalue weighted by Gasteiger charge is -2.44. The van der Waals surface area contributed by atoms with Crippen molar-refractivity contribution in [1.29, 1.82) is 0 Å². The molecule has 34 heavy (non-hydrogen) atoms. The number of rotatable bonds is 4. The smallest absolute Gasteiger partial charge is 0.348 e. The third-order valence-electron chi connectivity index (χ3n) is 6.40. The molecule has 0 bridgehead atoms. The van der Waals surface area contributed by atoms with E-state index in [1.165, 1.54) is 0 Å². The third-order valence-corrected chi connectivity index (χ3v) is 6.40. The normalized spacial score (nSPS) is 19.8. The van der Waals surface area contributed by atoms with Crippen molar-refractivity contribution in [2.75, 3.05) is 13.2 Å². The van der Waals surface area contributed by atoms with Gasteiger partial charge in [-0.05, 0) is 42.2 Å². The van der Waals surface area contributed by atoms with Crippen molar-refractivity contribution >= 4 is 5.91 Å². The van der Waals surface area contributed by atoms with Gasteiger partial charge in [-0.15, -0.1) is 0 Å². The fourth-order valence-corrected chi connectivity index (χ4v) is 4.70. The predicted molar refractivity (Wildman–Crippen MR) is 110 cm³/mol. The van der Waals surface area contributed by atoms with Crippen LogP contribution in [0.15, 0.2) is 48.5 Å². The highest BCUT2D eigenvalue weighted by molar-refractivity contribution is 5.79. The van der Waals surface area contributed by atoms with Crippen LogP contribution in [0.3, 0.4) is 0 Å². The summed E-state index contributed by atoms with van der Waals surface area (Å²) in [5.41, 5.74) is -3.29. The molecule has 2 aromatic rings. The number of benzene rings is 2. The van der Waals surface area contributed by atoms with Gasteiger partial charge in [0, 0.05) is 12.8 Å². The van der Waals surface area contributed by atoms with E-state index in [9.17, 15) is 31.1 Å². The van der Waals surface area contributed by atoms with Crippen molar-refractivity contribution in [3.63, 3.8) is 0 Å². The molecular formula is C24H23F6NO3. The van der Waals surface area contributed by atoms with Gasteiger partial charge in [0.25, 0.3) is 0 Å². The maximum atomic E-state index is 13.2. The molecule has 0 radical (unpaired) electrons. The first-order valence-electron chi connectivity index (χ1n) is 10.8. The van der Waals surface area contributed by atoms with E-state index in [1.807, 2.05) is 18.2 Å². The lowest BCUT2D eigenvalue weighted by atomic mass is 9.74. The predicted octanol–water partition coefficient (Wildman–Crippen LogP) is 5.60. The largest absolute Gasteiger partial charge is 0.416 e. The van der Waals surface area contributed by atoms with Crippen LogP contribution in [-0.2, 0) is 38.6 Å². The van der Waals surface area contributed by atoms with Crippen molar-refractivity contribution < 1.29 is 40.6 Å². The van der Waals surface area contributed by atoms with Gasteiger partial charge in [0.2, 0.25) is 5.91 Å². The summed E-state index contributed by atoms with van der Waals surface area (Å²) in [4.78, 5) is 13.0. The first-order valence-corrected chi connectivity index (χ1v) is 10.8. The van der Waals surface area contributed by atoms with Gasteiger partial charge in [-0.25, -0.2) is 0 Å². The summed E-state index contributed by atoms with van der Waals surface area (Å²) in [6.45, 7) is 0.948. The summed E-state index contributed by atoms with van der Waals surface area (Å²) >= 11 is 0. The summed E-state index contributed by atoms with van der Waals surface area (Å²) in [6.07, 6.45) is -8.71. The second-order valence-corrected chi connectivity index (χ2v) is 8.69. The Kier molecular flexibility index (Phi) is 6.41. The molecule has 2 fully saturated rings. The average Bonchev–Trinajstić information content (AvgIpc) is 3.23. The number of carbonyl (C=O) groups is 1. The summed E-state index contributed by atoms with van der Waals surface area (Å²) in [6, 6.07) is 10.3. The second-order valence-electron chi connectivity index (χ2n) is 8.69. The molecule has 184 valence electrons. The fourth-order valence-electron chi connectivity index (χ4n) is 4.70. The van der Waals surface area contributed by atoms with Gasteiger partial charge in [0.15, 0.2) is 5.79 Å². The van der Waals surface area contributed by atoms with Crippen molar-refractivity contribution in [3.8, 4) is 0 Å². The Morgan fingerprint density at radius 1 is 0.824 bits per heavy atom. The maximum absolute atomic E-state index is 13.2. The second kappa shape index (κ2) is 8.88. The number of halogens is 6. The Morgan fingerprint density at radius 3 is 1.85 bits per heavy atom. The van der Waals surface area contributed by atoms with E-state index < -0.39 is 47.1 Å². The molecule has 1 aliphatic heterocycles. The molecule has 4 nitrogen and oxygen atoms in total. The number of alkyl halides is 6. The quantitative estimate of drug-likeness (QED) is 0.572. The van der Waals surface area contributed by atoms with Crippen LogP contribution in [-0.4, -0.2) is 24.9 Å². The number of hydrogen-bond acceptors (Lipinski definition) is 3. The van der Waals surface area contributed by atoms with E-state index in [0.717, 1.165) is 5.56 Å². The van der Waals surface area contributed by atoms with E-state index in [1.54, 1.807) is 12.1 Å². The Balaban J connectivity index is 1.58. The van der Waals surface area contributed by atoms with E-state index in [0.29, 0.717) is 51.0 Å². The Morgan fingerprint density at radius 2 is 1.35 bits per heavy atom. The standard InChI is InChI=1S/C24H23F6NO3/c25-23(26,27)18-12-16(13-19(15-18)24(28,29)30)14-20(32)31-21(17-4-2-1-3-5-17)6-8-22(9-7-21)33-10-11-34-22/h1-5,12-13,15H,6-11,14H2,(H,31,32). The molecule has 4 rings (SSSR count). The zero-order chi connectivity index (χ0) is 24.6. The molecule has 1 N–H and O–H groups in total. The summed E-state index contributed by atoms with van der Waals surface area (Å²) in [5.74, 6) is -1.38. The number of amides is 1. The molecule has 0 atom stereocenters. The number of hydrogen-bond donors (Lipinski definition) is 1. The Bertz CT molecular complexity index is 987. The molecular weight excluding hydrogens is 464 g/mol. The topological polar surface area (TPSA) is 47.6 Å². The minimum absolute atomic E-state index is 0.0506. The summed E-state index contributed by atoms with van der Waals surface area (Å²) in [7, 11) is 0. The number of carbonyl (C=O) groups excluding carboxylic acids is 1. The summed E-state index contributed by atoms with van der Waals surface area (Å²) in [5, 5.41) is 2.91. The highest BCUT2D eigenvalue weighted by atomic mass is 19.4. The zero-order valence-corrected chi connectivity index (χ0v) is 18.1. The first-order chi connectivity index (χ1) is 15.9. The van der Waals surface area contributed by atoms with E-state index in [4.69, 9.17) is 9.47 Å². The molecule has 1 saturated heterocycles. The molecule has 1 saturated carbocycles. The third kappa shape index (κ3) is 5.22. The van der Waals surface area contributed by atoms with Crippen LogP contribution < -0.4 is 5.32 Å². The van der Waals surface area contributed by atoms with Gasteiger partial charge in [-0.2, -0.15) is 26.3 Å². The SMILES string of the molecule is O=C(Cc1cc(C(F)(F)F)cc(C(F)(F)F)c1)NC1(c2ccccc2)CCC2(CC1)OCCO2. The molecule has 0 aromatic heterocycles. The van der Waals surface area contributed by atoms with Crippen LogP contribution in [0.4, 0.5) is 26.3 Å². The molecule has 1 amide bonds. The molecule has 2 aromatic carbocycles. The molecule has 0 unspecified atom stereocenters. The highest BCUT2D eigenvalue weighted by Gasteiger charge is 2.47. The average molecular weight is 487 g/mol. The van der Waals surface area contributed by atoms with Gasteiger partial charge in [-0.3, -0.25) is 4.79 Å². The molecule has 10 heteroatoms. The molecule has 1 heterocycles. The molecule has 2 aliphatic rings. The van der Waals surface area contributed by atoms with Crippen molar-refractivity contribution in [3.05, 3.63) is 70.8 Å². The lowest BCUT2D eigenvalue weighted by molar-refractivity contribution is -0.187. The van der Waals surface area contributed by atoms with Crippen molar-refractivity contribution in [2.24, 2.45) is 0 Å². The van der Waals surface area contributed by atoms with E-state index >= 15 is 0 Å². The fraction of sp³-hybridized carbons (Fsp3) is 0.458. The van der Waals surface area contributed by atoms with Crippen LogP contribution in [0.2, 0.25) is 0 Å². The molecule has 1 spiro atoms. The van der Waals surface area contributed by atoms with Crippen molar-refractivity contribution in [2.45, 2.75) is 55.8 Å². The van der Waals surface area contributed by atoms with Crippen LogP contribution in [0, 0.1) is 0 Å². The highest BCUT2D eigenvalue weighted by Crippen LogP contribution is 2.45. The zero-order valence-electron chi connectivity index (χ0n) is 18.1. The van der Waals surface area contributed by atoms with E-state index in [2.05, 4.69) is 5.32 Å². The summed E-state index contributed by atoms with van der Waals surface area (Å²) < 4.78 is 90.6. The van der Waals surface area contributed by atoms with Gasteiger partial charge < -0.3 is 14.8 Å². The Hall–Kier alpha value is -2.59. The van der Waals surface area contributed by atoms with Crippen LogP contribution in [0.5, 0.6) is 0 Å². The van der Waals surface area contributed by atoms with E-state index in [-0.39, 0.29) is 11.6 Å². The van der Waals surface area contributed by atoms with Crippen LogP contribution in [0.25, 0.3) is 0 Å². The number of ether oxygens (including phenoxy) is 2. The van der Waals surface area contributed by atoms with Gasteiger partial charge in [-0.1, -0.05) is 30.3 Å². The lowest BCUT2D eigenvalue weighted by Crippen LogP contribution is -2.52. The van der Waals surface area contributed by atoms with Crippen LogP contribution in [0.1, 0.15) is 47.9 Å². The van der Waals surface area contributed by atoms with Crippen LogP contribution >= 0.6 is 0 Å². The van der Waals surface area contributed by atoms with Gasteiger partial charge in [0.05, 0.1) is 36.3 Å². The first kappa shape index (κ1) is 24.5. The minimum atomic E-state index is -4.98. The Labute approximate surface area is 192 Å². The van der Waals surface area contributed by atoms with Gasteiger partial charge >= 0.3 is 12.4 Å². The molecule has 1 aliphatic carbocycles. The van der Waals surface area contributed by atoms with Crippen molar-refractivity contribution in [1.82, 2.24) is 5.32 Å². The van der Waals surface area contributed by atoms with Gasteiger partial charge in [0.1, 0.15) is 0 Å². The monoisotopic (exact) mass is 487 g/mol. The minimum Gasteiger partial charge on any atom is -0.348 e. The maximum Gasteiger partial charge on any atom is 0.416 e. The number of nitrogens with one attached hydrogen (secondary N) is 1.